The van der Waals surface area contributed by atoms with E-state index in [0.29, 0.717) is 11.8 Å². The van der Waals surface area contributed by atoms with Gasteiger partial charge in [-0.2, -0.15) is 0 Å². The first-order valence-corrected chi connectivity index (χ1v) is 8.42. The van der Waals surface area contributed by atoms with Crippen LogP contribution in [0.15, 0.2) is 5.16 Å². The molecule has 0 spiro atoms. The van der Waals surface area contributed by atoms with Crippen LogP contribution in [0.3, 0.4) is 0 Å². The van der Waals surface area contributed by atoms with Gasteiger partial charge in [0.2, 0.25) is 5.91 Å². The Kier molecular flexibility index (Phi) is 5.46. The van der Waals surface area contributed by atoms with Gasteiger partial charge in [-0.25, -0.2) is 0 Å². The molecule has 0 aromatic carbocycles. The molecule has 2 rings (SSSR count). The molecule has 6 heteroatoms. The first kappa shape index (κ1) is 15.4. The Labute approximate surface area is 125 Å². The van der Waals surface area contributed by atoms with Crippen LogP contribution in [-0.4, -0.2) is 43.9 Å². The number of amides is 1. The van der Waals surface area contributed by atoms with Gasteiger partial charge in [-0.1, -0.05) is 18.7 Å². The summed E-state index contributed by atoms with van der Waals surface area (Å²) in [5.41, 5.74) is 0. The Balaban J connectivity index is 1.89. The van der Waals surface area contributed by atoms with Gasteiger partial charge in [0, 0.05) is 26.1 Å². The molecule has 0 N–H and O–H groups in total. The molecule has 112 valence electrons. The average Bonchev–Trinajstić information content (AvgIpc) is 2.78. The summed E-state index contributed by atoms with van der Waals surface area (Å²) in [6.45, 7) is 5.17. The van der Waals surface area contributed by atoms with E-state index in [4.69, 9.17) is 0 Å². The van der Waals surface area contributed by atoms with Gasteiger partial charge in [0.15, 0.2) is 5.16 Å². The van der Waals surface area contributed by atoms with E-state index in [9.17, 15) is 4.79 Å². The fourth-order valence-corrected chi connectivity index (χ4v) is 3.41. The highest BCUT2D eigenvalue weighted by molar-refractivity contribution is 7.99. The minimum atomic E-state index is 0.224. The second-order valence-electron chi connectivity index (χ2n) is 5.43. The molecule has 1 aliphatic rings. The zero-order valence-corrected chi connectivity index (χ0v) is 13.4. The second-order valence-corrected chi connectivity index (χ2v) is 6.37. The van der Waals surface area contributed by atoms with Crippen molar-refractivity contribution < 1.29 is 4.79 Å². The second kappa shape index (κ2) is 7.11. The van der Waals surface area contributed by atoms with E-state index in [1.807, 2.05) is 16.5 Å². The van der Waals surface area contributed by atoms with Crippen LogP contribution in [0, 0.1) is 0 Å². The SMILES string of the molecule is CCCc1nnc(SCC(=O)N2CCCC[C@@H]2C)n1C. The van der Waals surface area contributed by atoms with Gasteiger partial charge in [-0.3, -0.25) is 4.79 Å². The molecule has 2 heterocycles. The molecule has 0 radical (unpaired) electrons. The van der Waals surface area contributed by atoms with Crippen LogP contribution in [0.25, 0.3) is 0 Å². The Morgan fingerprint density at radius 3 is 2.90 bits per heavy atom. The molecule has 0 bridgehead atoms. The molecule has 1 saturated heterocycles. The van der Waals surface area contributed by atoms with Gasteiger partial charge in [-0.15, -0.1) is 10.2 Å². The Hall–Kier alpha value is -1.04. The smallest absolute Gasteiger partial charge is 0.233 e. The summed E-state index contributed by atoms with van der Waals surface area (Å²) in [4.78, 5) is 14.3. The number of thioether (sulfide) groups is 1. The monoisotopic (exact) mass is 296 g/mol. The van der Waals surface area contributed by atoms with Crippen LogP contribution in [0.4, 0.5) is 0 Å². The van der Waals surface area contributed by atoms with E-state index in [0.717, 1.165) is 43.2 Å². The Bertz CT molecular complexity index is 460. The van der Waals surface area contributed by atoms with Crippen molar-refractivity contribution in [3.05, 3.63) is 5.82 Å². The molecule has 1 amide bonds. The lowest BCUT2D eigenvalue weighted by atomic mass is 10.0. The molecule has 5 nitrogen and oxygen atoms in total. The van der Waals surface area contributed by atoms with E-state index in [2.05, 4.69) is 24.0 Å². The number of aromatic nitrogens is 3. The van der Waals surface area contributed by atoms with Crippen LogP contribution in [0.1, 0.15) is 45.4 Å². The zero-order chi connectivity index (χ0) is 14.5. The van der Waals surface area contributed by atoms with Crippen molar-refractivity contribution in [2.24, 2.45) is 7.05 Å². The number of hydrogen-bond acceptors (Lipinski definition) is 4. The van der Waals surface area contributed by atoms with E-state index >= 15 is 0 Å². The van der Waals surface area contributed by atoms with Crippen molar-refractivity contribution in [3.63, 3.8) is 0 Å². The van der Waals surface area contributed by atoms with Crippen LogP contribution in [0.5, 0.6) is 0 Å². The number of rotatable bonds is 5. The predicted octanol–water partition coefficient (Wildman–Crippen LogP) is 2.26. The number of carbonyl (C=O) groups is 1. The zero-order valence-electron chi connectivity index (χ0n) is 12.6. The fraction of sp³-hybridized carbons (Fsp3) is 0.786. The third kappa shape index (κ3) is 3.53. The van der Waals surface area contributed by atoms with Crippen molar-refractivity contribution >= 4 is 17.7 Å². The first-order chi connectivity index (χ1) is 9.63. The summed E-state index contributed by atoms with van der Waals surface area (Å²) >= 11 is 1.50. The van der Waals surface area contributed by atoms with Gasteiger partial charge < -0.3 is 9.47 Å². The van der Waals surface area contributed by atoms with Crippen molar-refractivity contribution in [1.82, 2.24) is 19.7 Å². The molecule has 1 aromatic heterocycles. The largest absolute Gasteiger partial charge is 0.339 e. The minimum absolute atomic E-state index is 0.224. The normalized spacial score (nSPS) is 19.4. The number of hydrogen-bond donors (Lipinski definition) is 0. The lowest BCUT2D eigenvalue weighted by Crippen LogP contribution is -2.42. The predicted molar refractivity (Wildman–Crippen MR) is 80.7 cm³/mol. The molecular weight excluding hydrogens is 272 g/mol. The van der Waals surface area contributed by atoms with E-state index in [1.165, 1.54) is 18.2 Å². The maximum atomic E-state index is 12.3. The number of likely N-dealkylation sites (tertiary alicyclic amines) is 1. The lowest BCUT2D eigenvalue weighted by Gasteiger charge is -2.33. The Morgan fingerprint density at radius 1 is 1.40 bits per heavy atom. The third-order valence-electron chi connectivity index (χ3n) is 3.85. The molecule has 0 unspecified atom stereocenters. The van der Waals surface area contributed by atoms with Crippen molar-refractivity contribution in [1.29, 1.82) is 0 Å². The summed E-state index contributed by atoms with van der Waals surface area (Å²) in [6.07, 6.45) is 5.48. The minimum Gasteiger partial charge on any atom is -0.339 e. The highest BCUT2D eigenvalue weighted by Crippen LogP contribution is 2.21. The maximum Gasteiger partial charge on any atom is 0.233 e. The van der Waals surface area contributed by atoms with Crippen molar-refractivity contribution in [2.75, 3.05) is 12.3 Å². The number of piperidine rings is 1. The summed E-state index contributed by atoms with van der Waals surface area (Å²) in [7, 11) is 1.97. The molecular formula is C14H24N4OS. The van der Waals surface area contributed by atoms with Crippen LogP contribution in [-0.2, 0) is 18.3 Å². The van der Waals surface area contributed by atoms with Crippen LogP contribution < -0.4 is 0 Å². The molecule has 1 aliphatic heterocycles. The molecule has 20 heavy (non-hydrogen) atoms. The van der Waals surface area contributed by atoms with Gasteiger partial charge in [-0.05, 0) is 32.6 Å². The quantitative estimate of drug-likeness (QED) is 0.782. The van der Waals surface area contributed by atoms with E-state index < -0.39 is 0 Å². The standard InChI is InChI=1S/C14H24N4OS/c1-4-7-12-15-16-14(17(12)3)20-10-13(19)18-9-6-5-8-11(18)2/h11H,4-10H2,1-3H3/t11-/m0/s1. The number of nitrogens with zero attached hydrogens (tertiary/aromatic N) is 4. The number of aryl methyl sites for hydroxylation is 1. The third-order valence-corrected chi connectivity index (χ3v) is 4.85. The van der Waals surface area contributed by atoms with Crippen molar-refractivity contribution in [2.45, 2.75) is 57.1 Å². The molecule has 0 aliphatic carbocycles. The number of carbonyl (C=O) groups excluding carboxylic acids is 1. The maximum absolute atomic E-state index is 12.3. The van der Waals surface area contributed by atoms with Crippen molar-refractivity contribution in [3.8, 4) is 0 Å². The molecule has 1 aromatic rings. The van der Waals surface area contributed by atoms with Gasteiger partial charge >= 0.3 is 0 Å². The highest BCUT2D eigenvalue weighted by Gasteiger charge is 2.23. The van der Waals surface area contributed by atoms with Gasteiger partial charge in [0.25, 0.3) is 0 Å². The average molecular weight is 296 g/mol. The molecule has 0 saturated carbocycles. The summed E-state index contributed by atoms with van der Waals surface area (Å²) < 4.78 is 2.00. The lowest BCUT2D eigenvalue weighted by molar-refractivity contribution is -0.131. The first-order valence-electron chi connectivity index (χ1n) is 7.44. The highest BCUT2D eigenvalue weighted by atomic mass is 32.2. The Morgan fingerprint density at radius 2 is 2.20 bits per heavy atom. The van der Waals surface area contributed by atoms with Gasteiger partial charge in [0.1, 0.15) is 5.82 Å². The fourth-order valence-electron chi connectivity index (χ4n) is 2.59. The summed E-state index contributed by atoms with van der Waals surface area (Å²) in [5, 5.41) is 9.19. The topological polar surface area (TPSA) is 51.0 Å². The summed E-state index contributed by atoms with van der Waals surface area (Å²) in [6, 6.07) is 0.381. The van der Waals surface area contributed by atoms with Crippen LogP contribution >= 0.6 is 11.8 Å². The van der Waals surface area contributed by atoms with E-state index in [-0.39, 0.29) is 5.91 Å². The molecule has 1 atom stereocenters. The van der Waals surface area contributed by atoms with E-state index in [1.54, 1.807) is 0 Å². The van der Waals surface area contributed by atoms with Gasteiger partial charge in [0.05, 0.1) is 5.75 Å². The molecule has 1 fully saturated rings. The summed E-state index contributed by atoms with van der Waals surface area (Å²) in [5.74, 6) is 1.68. The van der Waals surface area contributed by atoms with Crippen LogP contribution in [0.2, 0.25) is 0 Å².